The van der Waals surface area contributed by atoms with Gasteiger partial charge in [0.15, 0.2) is 0 Å². The number of carbonyl (C=O) groups is 1. The van der Waals surface area contributed by atoms with Gasteiger partial charge in [-0.1, -0.05) is 6.92 Å². The van der Waals surface area contributed by atoms with E-state index in [-0.39, 0.29) is 10.8 Å². The van der Waals surface area contributed by atoms with Crippen LogP contribution in [0.4, 0.5) is 5.69 Å². The second-order valence-electron chi connectivity index (χ2n) is 5.30. The molecule has 2 rings (SSSR count). The molecule has 0 fully saturated rings. The van der Waals surface area contributed by atoms with E-state index in [0.717, 1.165) is 12.0 Å². The van der Waals surface area contributed by atoms with Gasteiger partial charge in [0.25, 0.3) is 0 Å². The number of rotatable bonds is 7. The number of ether oxygens (including phenoxy) is 1. The van der Waals surface area contributed by atoms with Crippen molar-refractivity contribution >= 4 is 37.5 Å². The number of benzene rings is 1. The van der Waals surface area contributed by atoms with Crippen LogP contribution in [0.1, 0.15) is 25.3 Å². The summed E-state index contributed by atoms with van der Waals surface area (Å²) in [6.45, 7) is 3.19. The number of nitrogens with one attached hydrogen (secondary N) is 1. The van der Waals surface area contributed by atoms with Crippen molar-refractivity contribution in [2.75, 3.05) is 31.7 Å². The fourth-order valence-corrected chi connectivity index (χ4v) is 4.73. The Balaban J connectivity index is 2.28. The molecule has 0 bridgehead atoms. The molecule has 0 radical (unpaired) electrons. The monoisotopic (exact) mass is 404 g/mol. The van der Waals surface area contributed by atoms with Gasteiger partial charge in [-0.15, -0.1) is 0 Å². The lowest BCUT2D eigenvalue weighted by molar-refractivity contribution is -0.118. The Morgan fingerprint density at radius 1 is 1.43 bits per heavy atom. The molecule has 1 aromatic carbocycles. The maximum absolute atomic E-state index is 12.5. The summed E-state index contributed by atoms with van der Waals surface area (Å²) in [7, 11) is -2.06. The zero-order valence-corrected chi connectivity index (χ0v) is 15.7. The first-order chi connectivity index (χ1) is 10.9. The van der Waals surface area contributed by atoms with E-state index in [1.54, 1.807) is 31.1 Å². The first-order valence-electron chi connectivity index (χ1n) is 7.52. The average molecular weight is 405 g/mol. The third-order valence-electron chi connectivity index (χ3n) is 3.74. The van der Waals surface area contributed by atoms with Crippen LogP contribution in [0.3, 0.4) is 0 Å². The molecule has 23 heavy (non-hydrogen) atoms. The number of fused-ring (bicyclic) bond motifs is 1. The number of halogens is 1. The summed E-state index contributed by atoms with van der Waals surface area (Å²) in [6, 6.07) is 3.38. The number of anilines is 1. The van der Waals surface area contributed by atoms with Crippen LogP contribution in [-0.4, -0.2) is 41.1 Å². The van der Waals surface area contributed by atoms with Gasteiger partial charge in [0.2, 0.25) is 15.9 Å². The maximum Gasteiger partial charge on any atom is 0.241 e. The zero-order chi connectivity index (χ0) is 17.0. The van der Waals surface area contributed by atoms with Crippen molar-refractivity contribution in [2.24, 2.45) is 0 Å². The van der Waals surface area contributed by atoms with Gasteiger partial charge in [-0.05, 0) is 46.5 Å². The minimum Gasteiger partial charge on any atom is -0.385 e. The molecule has 6 nitrogen and oxygen atoms in total. The van der Waals surface area contributed by atoms with Crippen molar-refractivity contribution in [3.63, 3.8) is 0 Å². The summed E-state index contributed by atoms with van der Waals surface area (Å²) in [5.74, 6) is 0.00229. The Morgan fingerprint density at radius 2 is 2.17 bits per heavy atom. The average Bonchev–Trinajstić information content (AvgIpc) is 2.92. The fraction of sp³-hybridized carbons (Fsp3) is 0.533. The molecule has 0 saturated heterocycles. The first-order valence-corrected chi connectivity index (χ1v) is 9.79. The van der Waals surface area contributed by atoms with E-state index in [0.29, 0.717) is 42.7 Å². The summed E-state index contributed by atoms with van der Waals surface area (Å²) in [6.07, 6.45) is 1.73. The summed E-state index contributed by atoms with van der Waals surface area (Å²) in [4.78, 5) is 13.8. The van der Waals surface area contributed by atoms with Gasteiger partial charge >= 0.3 is 0 Å². The standard InChI is InChI=1S/C15H21BrN2O4S/c1-3-15(19)18-7-5-11-9-12(16)14(10-13(11)18)23(20,21)17-6-4-8-22-2/h9-10,17H,3-8H2,1-2H3. The van der Waals surface area contributed by atoms with Crippen molar-refractivity contribution in [1.82, 2.24) is 4.72 Å². The van der Waals surface area contributed by atoms with Gasteiger partial charge < -0.3 is 9.64 Å². The van der Waals surface area contributed by atoms with Gasteiger partial charge in [-0.25, -0.2) is 13.1 Å². The topological polar surface area (TPSA) is 75.7 Å². The van der Waals surface area contributed by atoms with E-state index in [2.05, 4.69) is 20.7 Å². The van der Waals surface area contributed by atoms with Crippen LogP contribution in [0.5, 0.6) is 0 Å². The molecule has 1 heterocycles. The molecule has 1 N–H and O–H groups in total. The van der Waals surface area contributed by atoms with Gasteiger partial charge in [-0.2, -0.15) is 0 Å². The predicted molar refractivity (Wildman–Crippen MR) is 92.2 cm³/mol. The number of hydrogen-bond donors (Lipinski definition) is 1. The number of amides is 1. The van der Waals surface area contributed by atoms with E-state index in [1.165, 1.54) is 0 Å². The van der Waals surface area contributed by atoms with Crippen molar-refractivity contribution in [3.05, 3.63) is 22.2 Å². The Hall–Kier alpha value is -0.960. The highest BCUT2D eigenvalue weighted by Crippen LogP contribution is 2.35. The molecule has 0 spiro atoms. The van der Waals surface area contributed by atoms with Gasteiger partial charge in [0.1, 0.15) is 0 Å². The molecule has 1 aromatic rings. The fourth-order valence-electron chi connectivity index (χ4n) is 2.54. The van der Waals surface area contributed by atoms with Gasteiger partial charge in [0.05, 0.1) is 4.90 Å². The lowest BCUT2D eigenvalue weighted by Crippen LogP contribution is -2.29. The SMILES string of the molecule is CCC(=O)N1CCc2cc(Br)c(S(=O)(=O)NCCCOC)cc21. The van der Waals surface area contributed by atoms with Crippen molar-refractivity contribution in [3.8, 4) is 0 Å². The maximum atomic E-state index is 12.5. The van der Waals surface area contributed by atoms with Crippen LogP contribution in [0.15, 0.2) is 21.5 Å². The summed E-state index contributed by atoms with van der Waals surface area (Å²) < 4.78 is 32.9. The van der Waals surface area contributed by atoms with E-state index < -0.39 is 10.0 Å². The van der Waals surface area contributed by atoms with E-state index in [1.807, 2.05) is 0 Å². The van der Waals surface area contributed by atoms with Crippen LogP contribution < -0.4 is 9.62 Å². The third kappa shape index (κ3) is 4.12. The molecule has 128 valence electrons. The summed E-state index contributed by atoms with van der Waals surface area (Å²) >= 11 is 3.34. The molecule has 1 aliphatic heterocycles. The van der Waals surface area contributed by atoms with E-state index in [4.69, 9.17) is 4.74 Å². The van der Waals surface area contributed by atoms with Gasteiger partial charge in [-0.3, -0.25) is 4.79 Å². The smallest absolute Gasteiger partial charge is 0.241 e. The third-order valence-corrected chi connectivity index (χ3v) is 6.16. The molecule has 0 saturated carbocycles. The van der Waals surface area contributed by atoms with Crippen molar-refractivity contribution in [1.29, 1.82) is 0 Å². The van der Waals surface area contributed by atoms with Gasteiger partial charge in [0, 0.05) is 43.4 Å². The number of carbonyl (C=O) groups excluding carboxylic acids is 1. The second kappa shape index (κ2) is 7.74. The number of hydrogen-bond acceptors (Lipinski definition) is 4. The lowest BCUT2D eigenvalue weighted by atomic mass is 10.2. The van der Waals surface area contributed by atoms with E-state index in [9.17, 15) is 13.2 Å². The lowest BCUT2D eigenvalue weighted by Gasteiger charge is -2.18. The molecule has 8 heteroatoms. The molecule has 0 aliphatic carbocycles. The van der Waals surface area contributed by atoms with Crippen LogP contribution in [0, 0.1) is 0 Å². The van der Waals surface area contributed by atoms with Crippen molar-refractivity contribution < 1.29 is 17.9 Å². The van der Waals surface area contributed by atoms with Crippen LogP contribution >= 0.6 is 15.9 Å². The molecule has 0 atom stereocenters. The number of nitrogens with zero attached hydrogens (tertiary/aromatic N) is 1. The molecule has 1 aliphatic rings. The summed E-state index contributed by atoms with van der Waals surface area (Å²) in [5.41, 5.74) is 1.68. The van der Waals surface area contributed by atoms with Crippen LogP contribution in [-0.2, 0) is 26.0 Å². The highest BCUT2D eigenvalue weighted by atomic mass is 79.9. The van der Waals surface area contributed by atoms with Crippen LogP contribution in [0.25, 0.3) is 0 Å². The number of methoxy groups -OCH3 is 1. The normalized spacial score (nSPS) is 14.1. The predicted octanol–water partition coefficient (Wildman–Crippen LogP) is 2.06. The Morgan fingerprint density at radius 3 is 2.83 bits per heavy atom. The highest BCUT2D eigenvalue weighted by Gasteiger charge is 2.28. The Labute approximate surface area is 145 Å². The quantitative estimate of drug-likeness (QED) is 0.705. The largest absolute Gasteiger partial charge is 0.385 e. The first kappa shape index (κ1) is 18.4. The van der Waals surface area contributed by atoms with E-state index >= 15 is 0 Å². The second-order valence-corrected chi connectivity index (χ2v) is 7.89. The molecule has 0 aromatic heterocycles. The molecule has 0 unspecified atom stereocenters. The number of sulfonamides is 1. The molecular weight excluding hydrogens is 384 g/mol. The Bertz CT molecular complexity index is 691. The molecule has 1 amide bonds. The minimum atomic E-state index is -3.64. The van der Waals surface area contributed by atoms with Crippen molar-refractivity contribution in [2.45, 2.75) is 31.1 Å². The van der Waals surface area contributed by atoms with Crippen LogP contribution in [0.2, 0.25) is 0 Å². The zero-order valence-electron chi connectivity index (χ0n) is 13.3. The Kier molecular flexibility index (Phi) is 6.19. The highest BCUT2D eigenvalue weighted by molar-refractivity contribution is 9.10. The minimum absolute atomic E-state index is 0.00229. The molecular formula is C15H21BrN2O4S. The summed E-state index contributed by atoms with van der Waals surface area (Å²) in [5, 5.41) is 0.